The van der Waals surface area contributed by atoms with Crippen molar-refractivity contribution in [3.05, 3.63) is 29.8 Å². The summed E-state index contributed by atoms with van der Waals surface area (Å²) >= 11 is 0. The van der Waals surface area contributed by atoms with Crippen LogP contribution in [0.2, 0.25) is 0 Å². The highest BCUT2D eigenvalue weighted by Crippen LogP contribution is 2.17. The van der Waals surface area contributed by atoms with Gasteiger partial charge in [0.2, 0.25) is 0 Å². The zero-order valence-corrected chi connectivity index (χ0v) is 10.6. The first-order valence-corrected chi connectivity index (χ1v) is 6.31. The van der Waals surface area contributed by atoms with Gasteiger partial charge in [-0.1, -0.05) is 6.07 Å². The van der Waals surface area contributed by atoms with Crippen LogP contribution in [0.3, 0.4) is 0 Å². The summed E-state index contributed by atoms with van der Waals surface area (Å²) in [5, 5.41) is 3.33. The van der Waals surface area contributed by atoms with Crippen LogP contribution in [0.15, 0.2) is 24.3 Å². The van der Waals surface area contributed by atoms with Crippen molar-refractivity contribution in [1.82, 2.24) is 5.32 Å². The first kappa shape index (κ1) is 12.9. The summed E-state index contributed by atoms with van der Waals surface area (Å²) in [7, 11) is 1.38. The molecule has 0 spiro atoms. The summed E-state index contributed by atoms with van der Waals surface area (Å²) in [4.78, 5) is 11.4. The summed E-state index contributed by atoms with van der Waals surface area (Å²) in [6.45, 7) is 2.85. The van der Waals surface area contributed by atoms with Crippen LogP contribution in [0, 0.1) is 5.92 Å². The van der Waals surface area contributed by atoms with E-state index in [1.807, 2.05) is 12.1 Å². The van der Waals surface area contributed by atoms with Crippen LogP contribution < -0.4 is 10.1 Å². The lowest BCUT2D eigenvalue weighted by Crippen LogP contribution is -2.30. The number of carbonyl (C=O) groups excluding carboxylic acids is 1. The number of piperidine rings is 1. The fourth-order valence-corrected chi connectivity index (χ4v) is 2.09. The minimum Gasteiger partial charge on any atom is -0.493 e. The Kier molecular flexibility index (Phi) is 4.59. The molecule has 0 aliphatic carbocycles. The Morgan fingerprint density at radius 1 is 1.39 bits per heavy atom. The van der Waals surface area contributed by atoms with Crippen molar-refractivity contribution in [1.29, 1.82) is 0 Å². The minimum atomic E-state index is -0.331. The van der Waals surface area contributed by atoms with Crippen LogP contribution in [0.1, 0.15) is 23.2 Å². The SMILES string of the molecule is COC(=O)c1cccc(OCC2CCNCC2)c1. The molecule has 1 aromatic carbocycles. The van der Waals surface area contributed by atoms with Crippen LogP contribution in [0.5, 0.6) is 5.75 Å². The van der Waals surface area contributed by atoms with E-state index in [2.05, 4.69) is 10.1 Å². The molecule has 1 saturated heterocycles. The molecule has 0 amide bonds. The van der Waals surface area contributed by atoms with E-state index in [-0.39, 0.29) is 5.97 Å². The number of hydrogen-bond acceptors (Lipinski definition) is 4. The van der Waals surface area contributed by atoms with Gasteiger partial charge >= 0.3 is 5.97 Å². The fourth-order valence-electron chi connectivity index (χ4n) is 2.09. The van der Waals surface area contributed by atoms with Crippen molar-refractivity contribution in [3.63, 3.8) is 0 Å². The minimum absolute atomic E-state index is 0.331. The highest BCUT2D eigenvalue weighted by molar-refractivity contribution is 5.89. The number of nitrogens with one attached hydrogen (secondary N) is 1. The van der Waals surface area contributed by atoms with Crippen LogP contribution in [-0.4, -0.2) is 32.8 Å². The largest absolute Gasteiger partial charge is 0.493 e. The van der Waals surface area contributed by atoms with Crippen molar-refractivity contribution in [3.8, 4) is 5.75 Å². The van der Waals surface area contributed by atoms with Crippen LogP contribution in [-0.2, 0) is 4.74 Å². The summed E-state index contributed by atoms with van der Waals surface area (Å²) in [6.07, 6.45) is 2.30. The average Bonchev–Trinajstić information content (AvgIpc) is 2.45. The third-order valence-electron chi connectivity index (χ3n) is 3.20. The summed E-state index contributed by atoms with van der Waals surface area (Å²) in [5.41, 5.74) is 0.528. The predicted molar refractivity (Wildman–Crippen MR) is 68.9 cm³/mol. The van der Waals surface area contributed by atoms with Gasteiger partial charge in [-0.2, -0.15) is 0 Å². The second-order valence-electron chi connectivity index (χ2n) is 4.52. The Hall–Kier alpha value is -1.55. The molecule has 0 radical (unpaired) electrons. The highest BCUT2D eigenvalue weighted by Gasteiger charge is 2.14. The standard InChI is InChI=1S/C14H19NO3/c1-17-14(16)12-3-2-4-13(9-12)18-10-11-5-7-15-8-6-11/h2-4,9,11,15H,5-8,10H2,1H3. The van der Waals surface area contributed by atoms with E-state index in [9.17, 15) is 4.79 Å². The van der Waals surface area contributed by atoms with Gasteiger partial charge in [-0.25, -0.2) is 4.79 Å². The molecule has 0 aromatic heterocycles. The predicted octanol–water partition coefficient (Wildman–Crippen LogP) is 1.85. The first-order chi connectivity index (χ1) is 8.79. The van der Waals surface area contributed by atoms with E-state index in [0.717, 1.165) is 31.7 Å². The molecule has 0 saturated carbocycles. The molecule has 1 aliphatic rings. The third-order valence-corrected chi connectivity index (χ3v) is 3.20. The Morgan fingerprint density at radius 3 is 2.89 bits per heavy atom. The van der Waals surface area contributed by atoms with E-state index in [4.69, 9.17) is 4.74 Å². The van der Waals surface area contributed by atoms with E-state index >= 15 is 0 Å². The maximum atomic E-state index is 11.4. The van der Waals surface area contributed by atoms with Crippen molar-refractivity contribution >= 4 is 5.97 Å². The highest BCUT2D eigenvalue weighted by atomic mass is 16.5. The lowest BCUT2D eigenvalue weighted by Gasteiger charge is -2.22. The molecule has 18 heavy (non-hydrogen) atoms. The van der Waals surface area contributed by atoms with Crippen molar-refractivity contribution in [2.75, 3.05) is 26.8 Å². The molecule has 0 bridgehead atoms. The number of esters is 1. The van der Waals surface area contributed by atoms with E-state index in [1.165, 1.54) is 7.11 Å². The Labute approximate surface area is 107 Å². The molecule has 1 aliphatic heterocycles. The molecule has 0 unspecified atom stereocenters. The molecule has 1 heterocycles. The molecular formula is C14H19NO3. The number of rotatable bonds is 4. The van der Waals surface area contributed by atoms with Gasteiger partial charge in [0, 0.05) is 0 Å². The molecular weight excluding hydrogens is 230 g/mol. The van der Waals surface area contributed by atoms with Gasteiger partial charge in [0.25, 0.3) is 0 Å². The van der Waals surface area contributed by atoms with Crippen LogP contribution >= 0.6 is 0 Å². The molecule has 4 nitrogen and oxygen atoms in total. The van der Waals surface area contributed by atoms with Gasteiger partial charge in [0.05, 0.1) is 19.3 Å². The quantitative estimate of drug-likeness (QED) is 0.827. The van der Waals surface area contributed by atoms with E-state index < -0.39 is 0 Å². The van der Waals surface area contributed by atoms with Gasteiger partial charge in [-0.05, 0) is 50.0 Å². The lowest BCUT2D eigenvalue weighted by atomic mass is 9.99. The average molecular weight is 249 g/mol. The van der Waals surface area contributed by atoms with E-state index in [1.54, 1.807) is 12.1 Å². The van der Waals surface area contributed by atoms with Gasteiger partial charge in [-0.15, -0.1) is 0 Å². The van der Waals surface area contributed by atoms with Crippen molar-refractivity contribution in [2.24, 2.45) is 5.92 Å². The number of methoxy groups -OCH3 is 1. The molecule has 2 rings (SSSR count). The summed E-state index contributed by atoms with van der Waals surface area (Å²) < 4.78 is 10.4. The zero-order chi connectivity index (χ0) is 12.8. The Balaban J connectivity index is 1.90. The monoisotopic (exact) mass is 249 g/mol. The number of ether oxygens (including phenoxy) is 2. The van der Waals surface area contributed by atoms with E-state index in [0.29, 0.717) is 18.1 Å². The smallest absolute Gasteiger partial charge is 0.337 e. The second kappa shape index (κ2) is 6.40. The zero-order valence-electron chi connectivity index (χ0n) is 10.6. The molecule has 0 atom stereocenters. The van der Waals surface area contributed by atoms with Gasteiger partial charge in [-0.3, -0.25) is 0 Å². The van der Waals surface area contributed by atoms with Crippen molar-refractivity contribution < 1.29 is 14.3 Å². The lowest BCUT2D eigenvalue weighted by molar-refractivity contribution is 0.0600. The van der Waals surface area contributed by atoms with Crippen molar-refractivity contribution in [2.45, 2.75) is 12.8 Å². The first-order valence-electron chi connectivity index (χ1n) is 6.31. The fraction of sp³-hybridized carbons (Fsp3) is 0.500. The number of hydrogen-bond donors (Lipinski definition) is 1. The molecule has 1 aromatic rings. The van der Waals surface area contributed by atoms with Crippen LogP contribution in [0.4, 0.5) is 0 Å². The topological polar surface area (TPSA) is 47.6 Å². The normalized spacial score (nSPS) is 16.3. The summed E-state index contributed by atoms with van der Waals surface area (Å²) in [5.74, 6) is 1.01. The van der Waals surface area contributed by atoms with Crippen LogP contribution in [0.25, 0.3) is 0 Å². The maximum absolute atomic E-state index is 11.4. The third kappa shape index (κ3) is 3.47. The Bertz CT molecular complexity index is 400. The van der Waals surface area contributed by atoms with Gasteiger partial charge in [0.15, 0.2) is 0 Å². The maximum Gasteiger partial charge on any atom is 0.337 e. The Morgan fingerprint density at radius 2 is 2.17 bits per heavy atom. The van der Waals surface area contributed by atoms with Gasteiger partial charge < -0.3 is 14.8 Å². The molecule has 4 heteroatoms. The second-order valence-corrected chi connectivity index (χ2v) is 4.52. The molecule has 1 fully saturated rings. The number of carbonyl (C=O) groups is 1. The molecule has 98 valence electrons. The summed E-state index contributed by atoms with van der Waals surface area (Å²) in [6, 6.07) is 7.13. The number of benzene rings is 1. The van der Waals surface area contributed by atoms with Gasteiger partial charge in [0.1, 0.15) is 5.75 Å². The molecule has 1 N–H and O–H groups in total.